The summed E-state index contributed by atoms with van der Waals surface area (Å²) >= 11 is 6.60. The lowest BCUT2D eigenvalue weighted by Gasteiger charge is -2.33. The third-order valence-corrected chi connectivity index (χ3v) is 10.6. The van der Waals surface area contributed by atoms with Crippen molar-refractivity contribution < 1.29 is 17.9 Å². The van der Waals surface area contributed by atoms with Gasteiger partial charge in [0.05, 0.1) is 39.2 Å². The Morgan fingerprint density at radius 1 is 1.17 bits per heavy atom. The largest absolute Gasteiger partial charge is 0.489 e. The van der Waals surface area contributed by atoms with E-state index in [-0.39, 0.29) is 11.0 Å². The van der Waals surface area contributed by atoms with E-state index in [9.17, 15) is 8.42 Å². The molecule has 0 aliphatic carbocycles. The number of hydrogen-bond donors (Lipinski definition) is 2. The Hall–Kier alpha value is -2.60. The third-order valence-electron chi connectivity index (χ3n) is 8.10. The van der Waals surface area contributed by atoms with Crippen molar-refractivity contribution in [3.05, 3.63) is 58.2 Å². The topological polar surface area (TPSA) is 134 Å². The summed E-state index contributed by atoms with van der Waals surface area (Å²) in [5.41, 5.74) is 5.56. The van der Waals surface area contributed by atoms with E-state index in [1.807, 2.05) is 0 Å². The number of hydrogen-bond acceptors (Lipinski definition) is 9. The molecular formula is C31H42ClN5O4S. The van der Waals surface area contributed by atoms with Crippen LogP contribution in [0.1, 0.15) is 56.2 Å². The molecule has 1 saturated heterocycles. The van der Waals surface area contributed by atoms with Gasteiger partial charge in [-0.1, -0.05) is 29.8 Å². The zero-order valence-corrected chi connectivity index (χ0v) is 26.6. The van der Waals surface area contributed by atoms with E-state index in [0.29, 0.717) is 28.0 Å². The summed E-state index contributed by atoms with van der Waals surface area (Å²) in [5.74, 6) is 9.79. The summed E-state index contributed by atoms with van der Waals surface area (Å²) in [6, 6.07) is 9.03. The number of sulfone groups is 1. The Bertz CT molecular complexity index is 1510. The van der Waals surface area contributed by atoms with Gasteiger partial charge >= 0.3 is 0 Å². The molecular weight excluding hydrogens is 574 g/mol. The maximum atomic E-state index is 13.2. The fourth-order valence-corrected chi connectivity index (χ4v) is 7.44. The average Bonchev–Trinajstić information content (AvgIpc) is 3.38. The molecule has 3 aromatic rings. The van der Waals surface area contributed by atoms with E-state index in [2.05, 4.69) is 41.5 Å². The Morgan fingerprint density at radius 3 is 2.52 bits per heavy atom. The van der Waals surface area contributed by atoms with Crippen molar-refractivity contribution in [2.45, 2.75) is 69.1 Å². The maximum Gasteiger partial charge on any atom is 0.181 e. The Kier molecular flexibility index (Phi) is 10.6. The normalized spacial score (nSPS) is 17.5. The lowest BCUT2D eigenvalue weighted by atomic mass is 9.81. The van der Waals surface area contributed by atoms with Crippen LogP contribution in [0.5, 0.6) is 5.75 Å². The predicted molar refractivity (Wildman–Crippen MR) is 167 cm³/mol. The van der Waals surface area contributed by atoms with E-state index < -0.39 is 15.1 Å². The molecule has 1 fully saturated rings. The summed E-state index contributed by atoms with van der Waals surface area (Å²) in [6.07, 6.45) is 4.67. The molecule has 5 rings (SSSR count). The number of benzene rings is 2. The van der Waals surface area contributed by atoms with Crippen LogP contribution in [-0.2, 0) is 21.0 Å². The highest BCUT2D eigenvalue weighted by atomic mass is 35.5. The molecule has 1 atom stereocenters. The van der Waals surface area contributed by atoms with Crippen LogP contribution in [0.3, 0.4) is 0 Å². The minimum absolute atomic E-state index is 0.0553. The van der Waals surface area contributed by atoms with Gasteiger partial charge in [-0.3, -0.25) is 11.7 Å². The van der Waals surface area contributed by atoms with Crippen molar-refractivity contribution in [2.24, 2.45) is 11.7 Å². The van der Waals surface area contributed by atoms with Crippen molar-refractivity contribution >= 4 is 21.4 Å². The number of aryl methyl sites for hydroxylation is 1. The summed E-state index contributed by atoms with van der Waals surface area (Å²) in [7, 11) is -1.80. The van der Waals surface area contributed by atoms with Gasteiger partial charge in [0, 0.05) is 31.2 Å². The molecule has 1 unspecified atom stereocenters. The van der Waals surface area contributed by atoms with Gasteiger partial charge in [-0.2, -0.15) is 0 Å². The number of nitrogens with zero attached hydrogens (tertiary/aromatic N) is 3. The third kappa shape index (κ3) is 6.49. The summed E-state index contributed by atoms with van der Waals surface area (Å²) in [5, 5.41) is -0.274. The van der Waals surface area contributed by atoms with Crippen LogP contribution in [0.15, 0.2) is 41.4 Å². The summed E-state index contributed by atoms with van der Waals surface area (Å²) < 4.78 is 38.0. The molecule has 9 nitrogen and oxygen atoms in total. The van der Waals surface area contributed by atoms with Crippen LogP contribution in [-0.4, -0.2) is 68.0 Å². The van der Waals surface area contributed by atoms with Gasteiger partial charge in [0.1, 0.15) is 11.9 Å². The highest BCUT2D eigenvalue weighted by Gasteiger charge is 2.33. The molecule has 2 aliphatic heterocycles. The molecule has 1 aromatic heterocycles. The standard InChI is InChI=1S/C31H38ClN3O4S.H4N2/c1-19(2)40(36,37)27-9-7-6-8-23(27)29-26(32)18-33-31(34-29)25-16-20(3)28(24-17-21(4)39-30(24)25)22-10-12-35(13-11-22)14-15-38-5;1-2/h6-9,16,18-19,21-22H,10-15,17H2,1-5H3;1-2H2. The average molecular weight is 616 g/mol. The lowest BCUT2D eigenvalue weighted by molar-refractivity contribution is 0.130. The molecule has 42 heavy (non-hydrogen) atoms. The Balaban J connectivity index is 0.00000198. The van der Waals surface area contributed by atoms with Crippen molar-refractivity contribution in [1.29, 1.82) is 0 Å². The zero-order valence-electron chi connectivity index (χ0n) is 25.1. The number of ether oxygens (including phenoxy) is 2. The van der Waals surface area contributed by atoms with Gasteiger partial charge in [-0.05, 0) is 82.8 Å². The highest BCUT2D eigenvalue weighted by Crippen LogP contribution is 2.46. The van der Waals surface area contributed by atoms with Gasteiger partial charge in [-0.25, -0.2) is 18.4 Å². The number of aromatic nitrogens is 2. The first kappa shape index (κ1) is 32.3. The van der Waals surface area contributed by atoms with Crippen LogP contribution in [0.4, 0.5) is 0 Å². The van der Waals surface area contributed by atoms with E-state index in [1.165, 1.54) is 16.7 Å². The SMILES string of the molecule is COCCN1CCC(c2c(C)cc(-c3ncc(Cl)c(-c4ccccc4S(=O)(=O)C(C)C)n3)c3c2CC(C)O3)CC1.NN. The molecule has 3 heterocycles. The minimum atomic E-state index is -3.56. The molecule has 0 amide bonds. The first-order valence-electron chi connectivity index (χ1n) is 14.4. The van der Waals surface area contributed by atoms with Gasteiger partial charge in [-0.15, -0.1) is 0 Å². The molecule has 0 spiro atoms. The molecule has 11 heteroatoms. The molecule has 0 bridgehead atoms. The van der Waals surface area contributed by atoms with Crippen LogP contribution in [0, 0.1) is 6.92 Å². The van der Waals surface area contributed by atoms with Gasteiger partial charge < -0.3 is 14.4 Å². The molecule has 0 radical (unpaired) electrons. The van der Waals surface area contributed by atoms with Crippen LogP contribution < -0.4 is 16.4 Å². The fraction of sp³-hybridized carbons (Fsp3) is 0.484. The van der Waals surface area contributed by atoms with E-state index >= 15 is 0 Å². The van der Waals surface area contributed by atoms with Crippen LogP contribution >= 0.6 is 11.6 Å². The smallest absolute Gasteiger partial charge is 0.181 e. The number of likely N-dealkylation sites (tertiary alicyclic amines) is 1. The monoisotopic (exact) mass is 615 g/mol. The van der Waals surface area contributed by atoms with E-state index in [1.54, 1.807) is 51.4 Å². The zero-order chi connectivity index (χ0) is 30.6. The highest BCUT2D eigenvalue weighted by molar-refractivity contribution is 7.92. The molecule has 0 saturated carbocycles. The van der Waals surface area contributed by atoms with E-state index in [4.69, 9.17) is 26.1 Å². The number of nitrogens with two attached hydrogens (primary N) is 2. The fourth-order valence-electron chi connectivity index (χ4n) is 6.00. The number of fused-ring (bicyclic) bond motifs is 1. The van der Waals surface area contributed by atoms with Crippen LogP contribution in [0.25, 0.3) is 22.6 Å². The molecule has 2 aromatic carbocycles. The Morgan fingerprint density at radius 2 is 1.86 bits per heavy atom. The van der Waals surface area contributed by atoms with Gasteiger partial charge in [0.2, 0.25) is 0 Å². The Labute approximate surface area is 254 Å². The number of methoxy groups -OCH3 is 1. The summed E-state index contributed by atoms with van der Waals surface area (Å²) in [4.78, 5) is 12.2. The number of piperidine rings is 1. The van der Waals surface area contributed by atoms with Crippen molar-refractivity contribution in [1.82, 2.24) is 14.9 Å². The number of rotatable bonds is 8. The van der Waals surface area contributed by atoms with Crippen LogP contribution in [0.2, 0.25) is 5.02 Å². The molecule has 2 aliphatic rings. The maximum absolute atomic E-state index is 13.2. The second-order valence-electron chi connectivity index (χ2n) is 11.2. The first-order chi connectivity index (χ1) is 20.1. The molecule has 4 N–H and O–H groups in total. The van der Waals surface area contributed by atoms with Gasteiger partial charge in [0.25, 0.3) is 0 Å². The van der Waals surface area contributed by atoms with E-state index in [0.717, 1.165) is 56.8 Å². The van der Waals surface area contributed by atoms with Crippen molar-refractivity contribution in [3.63, 3.8) is 0 Å². The first-order valence-corrected chi connectivity index (χ1v) is 16.3. The van der Waals surface area contributed by atoms with Crippen molar-refractivity contribution in [2.75, 3.05) is 33.4 Å². The summed E-state index contributed by atoms with van der Waals surface area (Å²) in [6.45, 7) is 11.5. The minimum Gasteiger partial charge on any atom is -0.489 e. The van der Waals surface area contributed by atoms with Gasteiger partial charge in [0.15, 0.2) is 15.7 Å². The number of halogens is 1. The number of hydrazine groups is 1. The van der Waals surface area contributed by atoms with Crippen molar-refractivity contribution in [3.8, 4) is 28.4 Å². The quantitative estimate of drug-likeness (QED) is 0.267. The predicted octanol–water partition coefficient (Wildman–Crippen LogP) is 4.92. The lowest BCUT2D eigenvalue weighted by Crippen LogP contribution is -2.35. The second kappa shape index (κ2) is 13.8. The molecule has 228 valence electrons. The second-order valence-corrected chi connectivity index (χ2v) is 14.1.